The van der Waals surface area contributed by atoms with E-state index in [1.165, 1.54) is 23.3 Å². The molecule has 1 aliphatic carbocycles. The Kier molecular flexibility index (Phi) is 4.32. The molecule has 1 aromatic carbocycles. The van der Waals surface area contributed by atoms with Crippen LogP contribution in [0.25, 0.3) is 0 Å². The fraction of sp³-hybridized carbons (Fsp3) is 0.444. The molecule has 0 radical (unpaired) electrons. The molecule has 0 saturated carbocycles. The third-order valence-corrected chi connectivity index (χ3v) is 5.15. The summed E-state index contributed by atoms with van der Waals surface area (Å²) in [6.07, 6.45) is 4.38. The number of hydrogen-bond acceptors (Lipinski definition) is 3. The maximum Gasteiger partial charge on any atom is 0.125 e. The third-order valence-electron chi connectivity index (χ3n) is 3.86. The Morgan fingerprint density at radius 3 is 2.67 bits per heavy atom. The fourth-order valence-corrected chi connectivity index (χ4v) is 4.13. The van der Waals surface area contributed by atoms with Crippen molar-refractivity contribution >= 4 is 11.3 Å². The highest BCUT2D eigenvalue weighted by Crippen LogP contribution is 2.38. The van der Waals surface area contributed by atoms with Crippen LogP contribution in [0.2, 0.25) is 0 Å². The van der Waals surface area contributed by atoms with Gasteiger partial charge in [0.05, 0.1) is 6.10 Å². The number of aryl methyl sites for hydroxylation is 2. The van der Waals surface area contributed by atoms with Gasteiger partial charge in [-0.1, -0.05) is 18.2 Å². The molecule has 1 aromatic heterocycles. The number of para-hydroxylation sites is 1. The molecule has 1 atom stereocenters. The molecule has 3 rings (SSSR count). The van der Waals surface area contributed by atoms with Crippen molar-refractivity contribution in [2.45, 2.75) is 51.7 Å². The summed E-state index contributed by atoms with van der Waals surface area (Å²) < 4.78 is 5.83. The standard InChI is InChI=1S/C18H22O2S/c1-12(2)20-15-9-5-4-8-14(15)18(19)17-11-13-7-3-6-10-16(13)21-17/h4-5,8-9,11-12,18-19H,3,6-7,10H2,1-2H3. The maximum atomic E-state index is 10.8. The minimum Gasteiger partial charge on any atom is -0.491 e. The smallest absolute Gasteiger partial charge is 0.125 e. The summed E-state index contributed by atoms with van der Waals surface area (Å²) in [4.78, 5) is 2.50. The molecular formula is C18H22O2S. The normalized spacial score (nSPS) is 15.8. The van der Waals surface area contributed by atoms with Crippen LogP contribution in [-0.4, -0.2) is 11.2 Å². The summed E-state index contributed by atoms with van der Waals surface area (Å²) in [6.45, 7) is 4.01. The van der Waals surface area contributed by atoms with Crippen LogP contribution in [0, 0.1) is 0 Å². The first-order valence-corrected chi connectivity index (χ1v) is 8.52. The molecule has 2 nitrogen and oxygen atoms in total. The Labute approximate surface area is 130 Å². The lowest BCUT2D eigenvalue weighted by Crippen LogP contribution is -2.09. The van der Waals surface area contributed by atoms with Crippen molar-refractivity contribution in [3.8, 4) is 5.75 Å². The van der Waals surface area contributed by atoms with Crippen LogP contribution in [0.5, 0.6) is 5.75 Å². The Morgan fingerprint density at radius 1 is 1.14 bits per heavy atom. The number of rotatable bonds is 4. The van der Waals surface area contributed by atoms with Crippen LogP contribution in [0.1, 0.15) is 53.7 Å². The van der Waals surface area contributed by atoms with E-state index < -0.39 is 6.10 Å². The monoisotopic (exact) mass is 302 g/mol. The van der Waals surface area contributed by atoms with Gasteiger partial charge in [0.2, 0.25) is 0 Å². The average molecular weight is 302 g/mol. The van der Waals surface area contributed by atoms with Crippen molar-refractivity contribution in [1.29, 1.82) is 0 Å². The van der Waals surface area contributed by atoms with Crippen LogP contribution < -0.4 is 4.74 Å². The zero-order chi connectivity index (χ0) is 14.8. The molecule has 2 aromatic rings. The molecule has 0 amide bonds. The highest BCUT2D eigenvalue weighted by Gasteiger charge is 2.21. The van der Waals surface area contributed by atoms with E-state index in [-0.39, 0.29) is 6.10 Å². The van der Waals surface area contributed by atoms with E-state index in [0.29, 0.717) is 0 Å². The molecule has 1 N–H and O–H groups in total. The SMILES string of the molecule is CC(C)Oc1ccccc1C(O)c1cc2c(s1)CCCC2. The lowest BCUT2D eigenvalue weighted by molar-refractivity contribution is 0.200. The molecule has 0 fully saturated rings. The van der Waals surface area contributed by atoms with Crippen LogP contribution >= 0.6 is 11.3 Å². The Morgan fingerprint density at radius 2 is 1.90 bits per heavy atom. The van der Waals surface area contributed by atoms with Crippen molar-refractivity contribution < 1.29 is 9.84 Å². The van der Waals surface area contributed by atoms with Crippen molar-refractivity contribution in [2.24, 2.45) is 0 Å². The zero-order valence-electron chi connectivity index (χ0n) is 12.6. The lowest BCUT2D eigenvalue weighted by Gasteiger charge is -2.17. The molecule has 112 valence electrons. The average Bonchev–Trinajstić information content (AvgIpc) is 2.90. The van der Waals surface area contributed by atoms with Crippen LogP contribution in [-0.2, 0) is 12.8 Å². The zero-order valence-corrected chi connectivity index (χ0v) is 13.5. The number of aliphatic hydroxyl groups is 1. The highest BCUT2D eigenvalue weighted by molar-refractivity contribution is 7.12. The second-order valence-electron chi connectivity index (χ2n) is 5.91. The van der Waals surface area contributed by atoms with Gasteiger partial charge in [-0.15, -0.1) is 11.3 Å². The van der Waals surface area contributed by atoms with Crippen molar-refractivity contribution in [3.05, 3.63) is 51.2 Å². The van der Waals surface area contributed by atoms with Gasteiger partial charge in [-0.05, 0) is 57.2 Å². The van der Waals surface area contributed by atoms with Gasteiger partial charge in [0, 0.05) is 15.3 Å². The predicted molar refractivity (Wildman–Crippen MR) is 87.2 cm³/mol. The quantitative estimate of drug-likeness (QED) is 0.901. The molecule has 1 unspecified atom stereocenters. The molecule has 0 aliphatic heterocycles. The highest BCUT2D eigenvalue weighted by atomic mass is 32.1. The summed E-state index contributed by atoms with van der Waals surface area (Å²) in [5.41, 5.74) is 2.30. The molecule has 0 saturated heterocycles. The second kappa shape index (κ2) is 6.20. The molecule has 3 heteroatoms. The Bertz CT molecular complexity index is 592. The van der Waals surface area contributed by atoms with Gasteiger partial charge in [0.1, 0.15) is 11.9 Å². The van der Waals surface area contributed by atoms with E-state index in [1.807, 2.05) is 38.1 Å². The largest absolute Gasteiger partial charge is 0.491 e. The summed E-state index contributed by atoms with van der Waals surface area (Å²) in [6, 6.07) is 10.00. The minimum atomic E-state index is -0.587. The van der Waals surface area contributed by atoms with E-state index in [2.05, 4.69) is 6.07 Å². The Balaban J connectivity index is 1.91. The summed E-state index contributed by atoms with van der Waals surface area (Å²) in [5.74, 6) is 0.784. The topological polar surface area (TPSA) is 29.5 Å². The van der Waals surface area contributed by atoms with E-state index >= 15 is 0 Å². The molecule has 1 heterocycles. The van der Waals surface area contributed by atoms with Gasteiger partial charge in [-0.3, -0.25) is 0 Å². The Hall–Kier alpha value is -1.32. The number of ether oxygens (including phenoxy) is 1. The molecule has 1 aliphatic rings. The summed E-state index contributed by atoms with van der Waals surface area (Å²) >= 11 is 1.76. The predicted octanol–water partition coefficient (Wildman–Crippen LogP) is 4.50. The van der Waals surface area contributed by atoms with E-state index in [9.17, 15) is 5.11 Å². The van der Waals surface area contributed by atoms with Gasteiger partial charge < -0.3 is 9.84 Å². The second-order valence-corrected chi connectivity index (χ2v) is 7.08. The van der Waals surface area contributed by atoms with Crippen molar-refractivity contribution in [2.75, 3.05) is 0 Å². The van der Waals surface area contributed by atoms with E-state index in [0.717, 1.165) is 29.0 Å². The van der Waals surface area contributed by atoms with E-state index in [4.69, 9.17) is 4.74 Å². The first-order chi connectivity index (χ1) is 10.1. The summed E-state index contributed by atoms with van der Waals surface area (Å²) in [7, 11) is 0. The number of hydrogen-bond donors (Lipinski definition) is 1. The number of thiophene rings is 1. The van der Waals surface area contributed by atoms with Crippen molar-refractivity contribution in [1.82, 2.24) is 0 Å². The molecule has 0 bridgehead atoms. The first kappa shape index (κ1) is 14.6. The minimum absolute atomic E-state index is 0.106. The first-order valence-electron chi connectivity index (χ1n) is 7.70. The van der Waals surface area contributed by atoms with Crippen LogP contribution in [0.15, 0.2) is 30.3 Å². The molecule has 0 spiro atoms. The third kappa shape index (κ3) is 3.14. The summed E-state index contributed by atoms with van der Waals surface area (Å²) in [5, 5.41) is 10.8. The number of aliphatic hydroxyl groups excluding tert-OH is 1. The fourth-order valence-electron chi connectivity index (χ4n) is 2.87. The van der Waals surface area contributed by atoms with Gasteiger partial charge in [-0.25, -0.2) is 0 Å². The molecule has 21 heavy (non-hydrogen) atoms. The maximum absolute atomic E-state index is 10.8. The van der Waals surface area contributed by atoms with Crippen LogP contribution in [0.4, 0.5) is 0 Å². The van der Waals surface area contributed by atoms with Crippen LogP contribution in [0.3, 0.4) is 0 Å². The number of benzene rings is 1. The van der Waals surface area contributed by atoms with Gasteiger partial charge in [0.25, 0.3) is 0 Å². The molecular weight excluding hydrogens is 280 g/mol. The van der Waals surface area contributed by atoms with Gasteiger partial charge >= 0.3 is 0 Å². The lowest BCUT2D eigenvalue weighted by atomic mass is 9.98. The van der Waals surface area contributed by atoms with Gasteiger partial charge in [-0.2, -0.15) is 0 Å². The number of fused-ring (bicyclic) bond motifs is 1. The van der Waals surface area contributed by atoms with Gasteiger partial charge in [0.15, 0.2) is 0 Å². The van der Waals surface area contributed by atoms with Crippen molar-refractivity contribution in [3.63, 3.8) is 0 Å². The van der Waals surface area contributed by atoms with E-state index in [1.54, 1.807) is 11.3 Å².